The molecule has 4 nitrogen and oxygen atoms in total. The van der Waals surface area contributed by atoms with E-state index in [1.165, 1.54) is 0 Å². The van der Waals surface area contributed by atoms with Gasteiger partial charge in [0.1, 0.15) is 0 Å². The summed E-state index contributed by atoms with van der Waals surface area (Å²) in [5.74, 6) is 0.519. The van der Waals surface area contributed by atoms with Crippen molar-refractivity contribution in [3.05, 3.63) is 0 Å². The van der Waals surface area contributed by atoms with Crippen molar-refractivity contribution in [2.45, 2.75) is 37.8 Å². The molecule has 0 aromatic rings. The van der Waals surface area contributed by atoms with E-state index >= 15 is 0 Å². The van der Waals surface area contributed by atoms with Crippen molar-refractivity contribution in [3.63, 3.8) is 0 Å². The summed E-state index contributed by atoms with van der Waals surface area (Å²) < 4.78 is 31.2. The number of nitrogens with zero attached hydrogens (tertiary/aromatic N) is 1. The van der Waals surface area contributed by atoms with E-state index in [2.05, 4.69) is 0 Å². The summed E-state index contributed by atoms with van der Waals surface area (Å²) in [5, 5.41) is 0. The molecule has 2 atom stereocenters. The monoisotopic (exact) mass is 267 g/mol. The molecule has 0 spiro atoms. The number of hydrogen-bond donors (Lipinski definition) is 0. The van der Waals surface area contributed by atoms with Crippen molar-refractivity contribution in [1.29, 1.82) is 0 Å². The Labute approximate surface area is 102 Å². The first kappa shape index (κ1) is 12.6. The zero-order chi connectivity index (χ0) is 11.6. The molecule has 0 aromatic carbocycles. The fourth-order valence-corrected chi connectivity index (χ4v) is 4.80. The van der Waals surface area contributed by atoms with Crippen LogP contribution in [0.1, 0.15) is 25.7 Å². The Morgan fingerprint density at radius 1 is 1.31 bits per heavy atom. The predicted octanol–water partition coefficient (Wildman–Crippen LogP) is 1.20. The fourth-order valence-electron chi connectivity index (χ4n) is 2.44. The maximum atomic E-state index is 12.1. The zero-order valence-corrected chi connectivity index (χ0v) is 10.8. The van der Waals surface area contributed by atoms with E-state index in [0.717, 1.165) is 25.7 Å². The number of halogens is 1. The summed E-state index contributed by atoms with van der Waals surface area (Å²) in [7, 11) is -3.18. The smallest absolute Gasteiger partial charge is 0.216 e. The van der Waals surface area contributed by atoms with Crippen LogP contribution in [0.3, 0.4) is 0 Å². The molecule has 2 fully saturated rings. The second-order valence-electron chi connectivity index (χ2n) is 4.47. The van der Waals surface area contributed by atoms with Crippen LogP contribution in [-0.2, 0) is 14.8 Å². The molecule has 2 saturated heterocycles. The molecule has 0 amide bonds. The van der Waals surface area contributed by atoms with E-state index in [-0.39, 0.29) is 17.9 Å². The highest BCUT2D eigenvalue weighted by Crippen LogP contribution is 2.24. The van der Waals surface area contributed by atoms with Crippen LogP contribution in [0.15, 0.2) is 0 Å². The van der Waals surface area contributed by atoms with Crippen LogP contribution in [0, 0.1) is 0 Å². The van der Waals surface area contributed by atoms with E-state index in [1.54, 1.807) is 4.31 Å². The molecule has 0 N–H and O–H groups in total. The molecule has 0 aliphatic carbocycles. The molecule has 94 valence electrons. The van der Waals surface area contributed by atoms with Crippen LogP contribution < -0.4 is 0 Å². The zero-order valence-electron chi connectivity index (χ0n) is 9.27. The molecule has 0 aromatic heterocycles. The predicted molar refractivity (Wildman–Crippen MR) is 63.2 cm³/mol. The van der Waals surface area contributed by atoms with E-state index < -0.39 is 10.0 Å². The highest BCUT2D eigenvalue weighted by molar-refractivity contribution is 7.89. The van der Waals surface area contributed by atoms with Crippen LogP contribution in [-0.4, -0.2) is 49.7 Å². The lowest BCUT2D eigenvalue weighted by Gasteiger charge is -2.23. The van der Waals surface area contributed by atoms with Gasteiger partial charge in [0.05, 0.1) is 11.9 Å². The number of hydrogen-bond acceptors (Lipinski definition) is 3. The van der Waals surface area contributed by atoms with Gasteiger partial charge in [0.25, 0.3) is 0 Å². The largest absolute Gasteiger partial charge is 0.377 e. The minimum absolute atomic E-state index is 0.00642. The average Bonchev–Trinajstić information content (AvgIpc) is 2.85. The first-order valence-corrected chi connectivity index (χ1v) is 7.95. The van der Waals surface area contributed by atoms with Crippen molar-refractivity contribution in [2.24, 2.45) is 0 Å². The SMILES string of the molecule is O=S(=O)(CC1CCCO1)N1CCCC1CCl. The lowest BCUT2D eigenvalue weighted by atomic mass is 10.3. The van der Waals surface area contributed by atoms with Crippen LogP contribution in [0.4, 0.5) is 0 Å². The number of rotatable bonds is 4. The number of alkyl halides is 1. The topological polar surface area (TPSA) is 46.6 Å². The van der Waals surface area contributed by atoms with Gasteiger partial charge in [-0.3, -0.25) is 0 Å². The van der Waals surface area contributed by atoms with Gasteiger partial charge in [0, 0.05) is 25.1 Å². The Morgan fingerprint density at radius 3 is 2.75 bits per heavy atom. The minimum atomic E-state index is -3.18. The van der Waals surface area contributed by atoms with E-state index in [4.69, 9.17) is 16.3 Å². The molecular formula is C10H18ClNO3S. The van der Waals surface area contributed by atoms with Crippen LogP contribution in [0.25, 0.3) is 0 Å². The molecule has 2 unspecified atom stereocenters. The summed E-state index contributed by atoms with van der Waals surface area (Å²) >= 11 is 5.79. The van der Waals surface area contributed by atoms with Crippen molar-refractivity contribution in [1.82, 2.24) is 4.31 Å². The molecular weight excluding hydrogens is 250 g/mol. The fraction of sp³-hybridized carbons (Fsp3) is 1.00. The summed E-state index contributed by atoms with van der Waals surface area (Å²) in [5.41, 5.74) is 0. The van der Waals surface area contributed by atoms with Crippen LogP contribution in [0.5, 0.6) is 0 Å². The lowest BCUT2D eigenvalue weighted by Crippen LogP contribution is -2.40. The summed E-state index contributed by atoms with van der Waals surface area (Å²) in [6, 6.07) is -0.00642. The Morgan fingerprint density at radius 2 is 2.12 bits per heavy atom. The summed E-state index contributed by atoms with van der Waals surface area (Å²) in [6.45, 7) is 1.31. The molecule has 2 aliphatic rings. The number of ether oxygens (including phenoxy) is 1. The van der Waals surface area contributed by atoms with Gasteiger partial charge in [-0.15, -0.1) is 11.6 Å². The van der Waals surface area contributed by atoms with Gasteiger partial charge in [0.2, 0.25) is 10.0 Å². The van der Waals surface area contributed by atoms with Gasteiger partial charge >= 0.3 is 0 Å². The third-order valence-electron chi connectivity index (χ3n) is 3.28. The maximum absolute atomic E-state index is 12.1. The van der Waals surface area contributed by atoms with Crippen LogP contribution in [0.2, 0.25) is 0 Å². The van der Waals surface area contributed by atoms with E-state index in [9.17, 15) is 8.42 Å². The van der Waals surface area contributed by atoms with Gasteiger partial charge in [-0.1, -0.05) is 0 Å². The molecule has 0 radical (unpaired) electrons. The van der Waals surface area contributed by atoms with Gasteiger partial charge < -0.3 is 4.74 Å². The number of sulfonamides is 1. The van der Waals surface area contributed by atoms with Crippen molar-refractivity contribution >= 4 is 21.6 Å². The summed E-state index contributed by atoms with van der Waals surface area (Å²) in [4.78, 5) is 0. The molecule has 2 aliphatic heterocycles. The first-order valence-electron chi connectivity index (χ1n) is 5.80. The molecule has 0 saturated carbocycles. The molecule has 2 heterocycles. The first-order chi connectivity index (χ1) is 7.63. The van der Waals surface area contributed by atoms with Crippen molar-refractivity contribution < 1.29 is 13.2 Å². The van der Waals surface area contributed by atoms with Gasteiger partial charge in [0.15, 0.2) is 0 Å². The second-order valence-corrected chi connectivity index (χ2v) is 6.75. The lowest BCUT2D eigenvalue weighted by molar-refractivity contribution is 0.126. The molecule has 6 heteroatoms. The Balaban J connectivity index is 2.00. The minimum Gasteiger partial charge on any atom is -0.377 e. The Hall–Kier alpha value is 0.160. The van der Waals surface area contributed by atoms with E-state index in [1.807, 2.05) is 0 Å². The Bertz CT molecular complexity index is 327. The molecule has 2 rings (SSSR count). The standard InChI is InChI=1S/C10H18ClNO3S/c11-7-9-3-1-5-12(9)16(13,14)8-10-4-2-6-15-10/h9-10H,1-8H2. The molecule has 0 bridgehead atoms. The Kier molecular flexibility index (Phi) is 4.11. The highest BCUT2D eigenvalue weighted by Gasteiger charge is 2.35. The maximum Gasteiger partial charge on any atom is 0.216 e. The quantitative estimate of drug-likeness (QED) is 0.719. The van der Waals surface area contributed by atoms with E-state index in [0.29, 0.717) is 19.0 Å². The van der Waals surface area contributed by atoms with Crippen molar-refractivity contribution in [3.8, 4) is 0 Å². The average molecular weight is 268 g/mol. The molecule has 16 heavy (non-hydrogen) atoms. The summed E-state index contributed by atoms with van der Waals surface area (Å²) in [6.07, 6.45) is 3.52. The van der Waals surface area contributed by atoms with Crippen LogP contribution >= 0.6 is 11.6 Å². The third-order valence-corrected chi connectivity index (χ3v) is 5.62. The normalized spacial score (nSPS) is 32.3. The third kappa shape index (κ3) is 2.70. The van der Waals surface area contributed by atoms with Gasteiger partial charge in [-0.2, -0.15) is 4.31 Å². The highest BCUT2D eigenvalue weighted by atomic mass is 35.5. The van der Waals surface area contributed by atoms with Crippen molar-refractivity contribution in [2.75, 3.05) is 24.8 Å². The second kappa shape index (κ2) is 5.21. The van der Waals surface area contributed by atoms with Gasteiger partial charge in [-0.25, -0.2) is 8.42 Å². The van der Waals surface area contributed by atoms with Gasteiger partial charge in [-0.05, 0) is 25.7 Å².